The summed E-state index contributed by atoms with van der Waals surface area (Å²) in [7, 11) is 0. The number of carbonyl (C=O) groups excluding carboxylic acids is 1. The fraction of sp³-hybridized carbons (Fsp3) is 0.300. The summed E-state index contributed by atoms with van der Waals surface area (Å²) >= 11 is 0. The summed E-state index contributed by atoms with van der Waals surface area (Å²) in [4.78, 5) is 21.0. The van der Waals surface area contributed by atoms with Gasteiger partial charge in [0, 0.05) is 19.1 Å². The van der Waals surface area contributed by atoms with Gasteiger partial charge in [-0.3, -0.25) is 14.9 Å². The Morgan fingerprint density at radius 1 is 1.56 bits per heavy atom. The Balaban J connectivity index is 3.10. The summed E-state index contributed by atoms with van der Waals surface area (Å²) in [6.07, 6.45) is 0. The molecule has 0 fully saturated rings. The van der Waals surface area contributed by atoms with Crippen molar-refractivity contribution in [2.45, 2.75) is 13.8 Å². The average molecular weight is 224 g/mol. The van der Waals surface area contributed by atoms with Crippen molar-refractivity contribution in [3.63, 3.8) is 0 Å². The molecule has 1 rings (SSSR count). The lowest BCUT2D eigenvalue weighted by Gasteiger charge is -2.07. The highest BCUT2D eigenvalue weighted by Crippen LogP contribution is 2.28. The first-order valence-corrected chi connectivity index (χ1v) is 4.73. The number of nitrogens with zero attached hydrogens (tertiary/aromatic N) is 1. The number of anilines is 1. The smallest absolute Gasteiger partial charge is 0.293 e. The molecule has 16 heavy (non-hydrogen) atoms. The van der Waals surface area contributed by atoms with E-state index in [0.29, 0.717) is 12.4 Å². The van der Waals surface area contributed by atoms with Gasteiger partial charge in [-0.2, -0.15) is 0 Å². The number of nitro benzene ring substituents is 1. The van der Waals surface area contributed by atoms with E-state index in [1.807, 2.05) is 0 Å². The molecule has 1 N–H and O–H groups in total. The molecule has 6 heteroatoms. The van der Waals surface area contributed by atoms with Crippen LogP contribution in [-0.4, -0.2) is 17.4 Å². The number of carbonyl (C=O) groups is 1. The van der Waals surface area contributed by atoms with Crippen molar-refractivity contribution in [2.75, 3.05) is 11.9 Å². The molecule has 1 aromatic rings. The van der Waals surface area contributed by atoms with Gasteiger partial charge in [-0.15, -0.1) is 0 Å². The zero-order valence-corrected chi connectivity index (χ0v) is 9.02. The number of hydrogen-bond donors (Lipinski definition) is 1. The molecule has 86 valence electrons. The van der Waals surface area contributed by atoms with E-state index >= 15 is 0 Å². The Kier molecular flexibility index (Phi) is 3.82. The molecule has 0 aliphatic heterocycles. The quantitative estimate of drug-likeness (QED) is 0.626. The maximum atomic E-state index is 10.9. The second kappa shape index (κ2) is 5.11. The van der Waals surface area contributed by atoms with Gasteiger partial charge in [-0.05, 0) is 13.0 Å². The number of hydrogen-bond acceptors (Lipinski definition) is 4. The SMILES string of the molecule is CCOc1ccc([N+](=O)[O-])c(NC(C)=O)c1. The van der Waals surface area contributed by atoms with E-state index in [0.717, 1.165) is 0 Å². The van der Waals surface area contributed by atoms with Gasteiger partial charge in [0.05, 0.1) is 11.5 Å². The second-order valence-electron chi connectivity index (χ2n) is 3.05. The third kappa shape index (κ3) is 2.94. The molecule has 0 unspecified atom stereocenters. The van der Waals surface area contributed by atoms with Gasteiger partial charge in [0.25, 0.3) is 5.69 Å². The maximum Gasteiger partial charge on any atom is 0.293 e. The third-order valence-electron chi connectivity index (χ3n) is 1.79. The van der Waals surface area contributed by atoms with Crippen LogP contribution in [0.1, 0.15) is 13.8 Å². The number of amides is 1. The molecule has 0 bridgehead atoms. The summed E-state index contributed by atoms with van der Waals surface area (Å²) < 4.78 is 5.19. The number of nitrogens with one attached hydrogen (secondary N) is 1. The van der Waals surface area contributed by atoms with Crippen LogP contribution in [0.2, 0.25) is 0 Å². The zero-order valence-electron chi connectivity index (χ0n) is 9.02. The predicted molar refractivity (Wildman–Crippen MR) is 58.6 cm³/mol. The molecule has 0 radical (unpaired) electrons. The standard InChI is InChI=1S/C10H12N2O4/c1-3-16-8-4-5-10(12(14)15)9(6-8)11-7(2)13/h4-6H,3H2,1-2H3,(H,11,13). The fourth-order valence-corrected chi connectivity index (χ4v) is 1.22. The zero-order chi connectivity index (χ0) is 12.1. The van der Waals surface area contributed by atoms with Gasteiger partial charge < -0.3 is 10.1 Å². The Hall–Kier alpha value is -2.11. The van der Waals surface area contributed by atoms with Crippen LogP contribution < -0.4 is 10.1 Å². The molecule has 0 aliphatic carbocycles. The van der Waals surface area contributed by atoms with Gasteiger partial charge in [0.15, 0.2) is 0 Å². The lowest BCUT2D eigenvalue weighted by molar-refractivity contribution is -0.383. The van der Waals surface area contributed by atoms with E-state index < -0.39 is 4.92 Å². The minimum Gasteiger partial charge on any atom is -0.494 e. The monoisotopic (exact) mass is 224 g/mol. The lowest BCUT2D eigenvalue weighted by Crippen LogP contribution is -2.08. The molecule has 0 saturated heterocycles. The molecule has 0 spiro atoms. The minimum atomic E-state index is -0.555. The predicted octanol–water partition coefficient (Wildman–Crippen LogP) is 1.95. The highest BCUT2D eigenvalue weighted by molar-refractivity contribution is 5.91. The van der Waals surface area contributed by atoms with Crippen LogP contribution in [0.15, 0.2) is 18.2 Å². The van der Waals surface area contributed by atoms with Crippen LogP contribution in [0.25, 0.3) is 0 Å². The summed E-state index contributed by atoms with van der Waals surface area (Å²) in [6, 6.07) is 4.23. The van der Waals surface area contributed by atoms with Crippen LogP contribution in [0.3, 0.4) is 0 Å². The van der Waals surface area contributed by atoms with Crippen molar-refractivity contribution in [1.29, 1.82) is 0 Å². The van der Waals surface area contributed by atoms with Crippen LogP contribution in [0, 0.1) is 10.1 Å². The molecular formula is C10H12N2O4. The molecule has 0 aliphatic rings. The second-order valence-corrected chi connectivity index (χ2v) is 3.05. The van der Waals surface area contributed by atoms with E-state index in [-0.39, 0.29) is 17.3 Å². The molecule has 0 atom stereocenters. The Bertz CT molecular complexity index is 417. The molecular weight excluding hydrogens is 212 g/mol. The van der Waals surface area contributed by atoms with E-state index in [4.69, 9.17) is 4.74 Å². The average Bonchev–Trinajstić information content (AvgIpc) is 2.16. The van der Waals surface area contributed by atoms with E-state index in [9.17, 15) is 14.9 Å². The lowest BCUT2D eigenvalue weighted by atomic mass is 10.2. The molecule has 0 saturated carbocycles. The number of benzene rings is 1. The number of nitro groups is 1. The molecule has 0 aromatic heterocycles. The summed E-state index contributed by atoms with van der Waals surface area (Å²) in [5, 5.41) is 13.1. The fourth-order valence-electron chi connectivity index (χ4n) is 1.22. The van der Waals surface area contributed by atoms with Crippen molar-refractivity contribution >= 4 is 17.3 Å². The summed E-state index contributed by atoms with van der Waals surface area (Å²) in [5.41, 5.74) is -0.0119. The molecule has 1 amide bonds. The van der Waals surface area contributed by atoms with Gasteiger partial charge in [0.1, 0.15) is 11.4 Å². The van der Waals surface area contributed by atoms with Gasteiger partial charge >= 0.3 is 0 Å². The Labute approximate surface area is 92.4 Å². The molecule has 0 heterocycles. The third-order valence-corrected chi connectivity index (χ3v) is 1.79. The first-order chi connectivity index (χ1) is 7.54. The minimum absolute atomic E-state index is 0.142. The first-order valence-electron chi connectivity index (χ1n) is 4.73. The largest absolute Gasteiger partial charge is 0.494 e. The van der Waals surface area contributed by atoms with Crippen molar-refractivity contribution in [3.8, 4) is 5.75 Å². The van der Waals surface area contributed by atoms with Gasteiger partial charge in [-0.1, -0.05) is 0 Å². The highest BCUT2D eigenvalue weighted by Gasteiger charge is 2.15. The van der Waals surface area contributed by atoms with E-state index in [1.165, 1.54) is 25.1 Å². The number of ether oxygens (including phenoxy) is 1. The van der Waals surface area contributed by atoms with E-state index in [2.05, 4.69) is 5.32 Å². The van der Waals surface area contributed by atoms with Crippen molar-refractivity contribution < 1.29 is 14.5 Å². The van der Waals surface area contributed by atoms with Crippen molar-refractivity contribution in [3.05, 3.63) is 28.3 Å². The van der Waals surface area contributed by atoms with Crippen molar-refractivity contribution in [2.24, 2.45) is 0 Å². The first kappa shape index (κ1) is 12.0. The summed E-state index contributed by atoms with van der Waals surface area (Å²) in [5.74, 6) is 0.119. The van der Waals surface area contributed by atoms with Gasteiger partial charge in [0.2, 0.25) is 5.91 Å². The van der Waals surface area contributed by atoms with Crippen LogP contribution >= 0.6 is 0 Å². The maximum absolute atomic E-state index is 10.9. The molecule has 1 aromatic carbocycles. The normalized spacial score (nSPS) is 9.62. The Morgan fingerprint density at radius 2 is 2.25 bits per heavy atom. The van der Waals surface area contributed by atoms with Crippen LogP contribution in [0.4, 0.5) is 11.4 Å². The van der Waals surface area contributed by atoms with Crippen LogP contribution in [0.5, 0.6) is 5.75 Å². The molecule has 6 nitrogen and oxygen atoms in total. The summed E-state index contributed by atoms with van der Waals surface area (Å²) in [6.45, 7) is 3.55. The Morgan fingerprint density at radius 3 is 2.75 bits per heavy atom. The van der Waals surface area contributed by atoms with Gasteiger partial charge in [-0.25, -0.2) is 0 Å². The van der Waals surface area contributed by atoms with Crippen molar-refractivity contribution in [1.82, 2.24) is 0 Å². The number of rotatable bonds is 4. The highest BCUT2D eigenvalue weighted by atomic mass is 16.6. The topological polar surface area (TPSA) is 81.5 Å². The van der Waals surface area contributed by atoms with E-state index in [1.54, 1.807) is 6.92 Å². The van der Waals surface area contributed by atoms with Crippen LogP contribution in [-0.2, 0) is 4.79 Å².